The summed E-state index contributed by atoms with van der Waals surface area (Å²) in [6.45, 7) is 11.3. The van der Waals surface area contributed by atoms with Crippen LogP contribution in [0.15, 0.2) is 79.9 Å². The fraction of sp³-hybridized carbons (Fsp3) is 0.400. The molecule has 2 rings (SSSR count). The van der Waals surface area contributed by atoms with E-state index >= 15 is 0 Å². The topological polar surface area (TPSA) is 166 Å². The van der Waals surface area contributed by atoms with Crippen molar-refractivity contribution in [3.05, 3.63) is 91.0 Å². The summed E-state index contributed by atoms with van der Waals surface area (Å²) in [4.78, 5) is 66.2. The molecule has 3 atom stereocenters. The first-order valence-corrected chi connectivity index (χ1v) is 15.5. The van der Waals surface area contributed by atoms with Gasteiger partial charge in [0.25, 0.3) is 0 Å². The number of hydrogen-bond acceptors (Lipinski definition) is 8. The fourth-order valence-electron chi connectivity index (χ4n) is 4.83. The quantitative estimate of drug-likeness (QED) is 0.107. The van der Waals surface area contributed by atoms with Crippen molar-refractivity contribution in [2.75, 3.05) is 33.3 Å². The number of hydrogen-bond donors (Lipinski definition) is 5. The second kappa shape index (κ2) is 20.2. The number of nitrogens with zero attached hydrogens (tertiary/aromatic N) is 1. The molecule has 0 aromatic heterocycles. The molecule has 12 nitrogen and oxygen atoms in total. The van der Waals surface area contributed by atoms with Crippen LogP contribution in [0.25, 0.3) is 0 Å². The number of amides is 4. The van der Waals surface area contributed by atoms with Crippen LogP contribution in [-0.4, -0.2) is 91.0 Å². The molecule has 254 valence electrons. The molecular formula is C35H47N5O7. The number of phenols is 1. The van der Waals surface area contributed by atoms with Crippen LogP contribution in [0.3, 0.4) is 0 Å². The normalized spacial score (nSPS) is 12.7. The average molecular weight is 650 g/mol. The molecule has 0 heterocycles. The third-order valence-corrected chi connectivity index (χ3v) is 7.15. The van der Waals surface area contributed by atoms with E-state index < -0.39 is 60.8 Å². The smallest absolute Gasteiger partial charge is 0.328 e. The summed E-state index contributed by atoms with van der Waals surface area (Å²) in [7, 11) is 1.24. The lowest BCUT2D eigenvalue weighted by molar-refractivity contribution is -0.145. The molecule has 47 heavy (non-hydrogen) atoms. The Morgan fingerprint density at radius 3 is 1.96 bits per heavy atom. The van der Waals surface area contributed by atoms with E-state index in [1.807, 2.05) is 36.9 Å². The first-order chi connectivity index (χ1) is 22.5. The lowest BCUT2D eigenvalue weighted by Gasteiger charge is -2.29. The minimum Gasteiger partial charge on any atom is -0.508 e. The number of nitrogens with one attached hydrogen (secondary N) is 4. The molecule has 0 fully saturated rings. The zero-order valence-electron chi connectivity index (χ0n) is 27.4. The molecule has 0 unspecified atom stereocenters. The molecule has 12 heteroatoms. The Labute approximate surface area is 276 Å². The molecule has 0 aliphatic carbocycles. The van der Waals surface area contributed by atoms with Gasteiger partial charge in [-0.05, 0) is 42.0 Å². The van der Waals surface area contributed by atoms with Gasteiger partial charge in [-0.2, -0.15) is 0 Å². The number of carbonyl (C=O) groups excluding carboxylic acids is 5. The number of carbonyl (C=O) groups is 5. The Morgan fingerprint density at radius 2 is 1.38 bits per heavy atom. The van der Waals surface area contributed by atoms with Gasteiger partial charge in [-0.3, -0.25) is 24.1 Å². The van der Waals surface area contributed by atoms with E-state index in [4.69, 9.17) is 4.74 Å². The average Bonchev–Trinajstić information content (AvgIpc) is 3.05. The van der Waals surface area contributed by atoms with Gasteiger partial charge >= 0.3 is 5.97 Å². The van der Waals surface area contributed by atoms with Gasteiger partial charge in [-0.15, -0.1) is 13.2 Å². The summed E-state index contributed by atoms with van der Waals surface area (Å²) in [6, 6.07) is 12.9. The predicted octanol–water partition coefficient (Wildman–Crippen LogP) is 1.64. The zero-order chi connectivity index (χ0) is 34.8. The van der Waals surface area contributed by atoms with E-state index in [1.54, 1.807) is 36.4 Å². The highest BCUT2D eigenvalue weighted by Gasteiger charge is 2.29. The first kappa shape index (κ1) is 38.2. The minimum absolute atomic E-state index is 0.0902. The molecular weight excluding hydrogens is 602 g/mol. The van der Waals surface area contributed by atoms with E-state index in [2.05, 4.69) is 34.4 Å². The summed E-state index contributed by atoms with van der Waals surface area (Å²) >= 11 is 0. The van der Waals surface area contributed by atoms with Crippen molar-refractivity contribution < 1.29 is 33.8 Å². The summed E-state index contributed by atoms with van der Waals surface area (Å²) < 4.78 is 4.84. The molecule has 0 aliphatic heterocycles. The molecule has 2 aromatic carbocycles. The van der Waals surface area contributed by atoms with Crippen molar-refractivity contribution in [2.45, 2.75) is 51.2 Å². The second-order valence-electron chi connectivity index (χ2n) is 11.4. The summed E-state index contributed by atoms with van der Waals surface area (Å²) in [5.41, 5.74) is 1.58. The lowest BCUT2D eigenvalue weighted by atomic mass is 10.0. The van der Waals surface area contributed by atoms with Gasteiger partial charge in [0.2, 0.25) is 23.6 Å². The Kier molecular flexibility index (Phi) is 16.4. The fourth-order valence-corrected chi connectivity index (χ4v) is 4.83. The number of phenolic OH excluding ortho intramolecular Hbond substituents is 1. The molecule has 4 amide bonds. The number of esters is 1. The monoisotopic (exact) mass is 649 g/mol. The van der Waals surface area contributed by atoms with Crippen LogP contribution in [0.2, 0.25) is 0 Å². The number of methoxy groups -OCH3 is 1. The van der Waals surface area contributed by atoms with Crippen molar-refractivity contribution in [3.63, 3.8) is 0 Å². The van der Waals surface area contributed by atoms with E-state index in [1.165, 1.54) is 19.2 Å². The van der Waals surface area contributed by atoms with E-state index in [9.17, 15) is 29.1 Å². The van der Waals surface area contributed by atoms with Gasteiger partial charge in [-0.1, -0.05) is 68.5 Å². The van der Waals surface area contributed by atoms with Crippen LogP contribution in [0.5, 0.6) is 5.75 Å². The van der Waals surface area contributed by atoms with Crippen molar-refractivity contribution in [2.24, 2.45) is 5.92 Å². The third-order valence-electron chi connectivity index (χ3n) is 7.15. The summed E-state index contributed by atoms with van der Waals surface area (Å²) in [5, 5.41) is 20.1. The van der Waals surface area contributed by atoms with Crippen LogP contribution < -0.4 is 21.3 Å². The minimum atomic E-state index is -1.04. The second-order valence-corrected chi connectivity index (χ2v) is 11.4. The summed E-state index contributed by atoms with van der Waals surface area (Å²) in [6.07, 6.45) is 4.12. The maximum atomic E-state index is 13.3. The number of rotatable bonds is 20. The molecule has 0 aliphatic rings. The highest BCUT2D eigenvalue weighted by Crippen LogP contribution is 2.15. The molecule has 0 bridgehead atoms. The first-order valence-electron chi connectivity index (χ1n) is 15.5. The highest BCUT2D eigenvalue weighted by molar-refractivity contribution is 5.93. The Bertz CT molecular complexity index is 1340. The Morgan fingerprint density at radius 1 is 0.787 bits per heavy atom. The van der Waals surface area contributed by atoms with Gasteiger partial charge in [-0.25, -0.2) is 4.79 Å². The van der Waals surface area contributed by atoms with Crippen LogP contribution in [0.1, 0.15) is 31.4 Å². The van der Waals surface area contributed by atoms with Crippen LogP contribution in [0, 0.1) is 5.92 Å². The van der Waals surface area contributed by atoms with Crippen molar-refractivity contribution in [1.29, 1.82) is 0 Å². The van der Waals surface area contributed by atoms with Crippen LogP contribution in [-0.2, 0) is 41.6 Å². The van der Waals surface area contributed by atoms with Crippen molar-refractivity contribution >= 4 is 29.6 Å². The number of aromatic hydroxyl groups is 1. The standard InChI is InChI=1S/C35H47N5O7/c1-6-17-40(18-7-2)30(21-26-13-15-27(41)16-14-26)34(45)37-22-31(42)36-23-32(43)38-28(20-25-11-9-8-10-12-25)33(44)39-29(19-24(3)4)35(46)47-5/h6-16,24,28-30,41H,1-2,17-23H2,3-5H3,(H,36,42)(H,37,45)(H,38,43)(H,39,44)/t28-,29-,30-/m0/s1. The molecule has 0 saturated carbocycles. The van der Waals surface area contributed by atoms with Gasteiger partial charge < -0.3 is 31.1 Å². The van der Waals surface area contributed by atoms with Gasteiger partial charge in [0.1, 0.15) is 17.8 Å². The van der Waals surface area contributed by atoms with Crippen LogP contribution >= 0.6 is 0 Å². The molecule has 0 saturated heterocycles. The largest absolute Gasteiger partial charge is 0.508 e. The van der Waals surface area contributed by atoms with Crippen molar-refractivity contribution in [1.82, 2.24) is 26.2 Å². The maximum Gasteiger partial charge on any atom is 0.328 e. The Balaban J connectivity index is 2.03. The van der Waals surface area contributed by atoms with E-state index in [-0.39, 0.29) is 18.1 Å². The third kappa shape index (κ3) is 13.9. The zero-order valence-corrected chi connectivity index (χ0v) is 27.4. The van der Waals surface area contributed by atoms with E-state index in [0.717, 1.165) is 11.1 Å². The van der Waals surface area contributed by atoms with Gasteiger partial charge in [0.15, 0.2) is 0 Å². The molecule has 0 radical (unpaired) electrons. The molecule has 0 spiro atoms. The van der Waals surface area contributed by atoms with Crippen LogP contribution in [0.4, 0.5) is 0 Å². The SMILES string of the molecule is C=CCN(CC=C)[C@@H](Cc1ccc(O)cc1)C(=O)NCC(=O)NCC(=O)N[C@@H](Cc1ccccc1)C(=O)N[C@@H](CC(C)C)C(=O)OC. The highest BCUT2D eigenvalue weighted by atomic mass is 16.5. The maximum absolute atomic E-state index is 13.3. The number of ether oxygens (including phenoxy) is 1. The molecule has 5 N–H and O–H groups in total. The molecule has 2 aromatic rings. The van der Waals surface area contributed by atoms with Gasteiger partial charge in [0.05, 0.1) is 26.2 Å². The summed E-state index contributed by atoms with van der Waals surface area (Å²) in [5.74, 6) is -2.62. The Hall–Kier alpha value is -4.97. The van der Waals surface area contributed by atoms with Crippen molar-refractivity contribution in [3.8, 4) is 5.75 Å². The number of benzene rings is 2. The lowest BCUT2D eigenvalue weighted by Crippen LogP contribution is -2.54. The van der Waals surface area contributed by atoms with Gasteiger partial charge in [0, 0.05) is 19.5 Å². The predicted molar refractivity (Wildman–Crippen MR) is 179 cm³/mol. The van der Waals surface area contributed by atoms with E-state index in [0.29, 0.717) is 25.9 Å².